The molecule has 2 aliphatic rings. The van der Waals surface area contributed by atoms with E-state index >= 15 is 0 Å². The number of alkyl halides is 3. The average molecular weight is 624 g/mol. The third kappa shape index (κ3) is 8.68. The van der Waals surface area contributed by atoms with E-state index in [0.29, 0.717) is 28.0 Å². The van der Waals surface area contributed by atoms with Gasteiger partial charge in [-0.3, -0.25) is 14.5 Å². The van der Waals surface area contributed by atoms with Crippen molar-refractivity contribution < 1.29 is 32.7 Å². The summed E-state index contributed by atoms with van der Waals surface area (Å²) in [4.78, 5) is 40.2. The molecule has 2 N–H and O–H groups in total. The standard InChI is InChI=1S/C28H32ClN3O2S.C2HF3O2/c29-22-11-10-21-16-26(35-25(21)17-22)28(34)32(24-8-2-1-3-9-24)19-27(33)30-18-20-12-14-31(15-13-20)23-6-4-5-7-23;3-2(4,5)1(6)7/h1-3,8-11,16-17,20,23H,4-7,12-15,18-19H2,(H,30,33);(H,6,7). The van der Waals surface area contributed by atoms with E-state index in [9.17, 15) is 22.8 Å². The number of benzene rings is 2. The summed E-state index contributed by atoms with van der Waals surface area (Å²) in [6.07, 6.45) is 2.60. The van der Waals surface area contributed by atoms with E-state index in [1.165, 1.54) is 37.0 Å². The van der Waals surface area contributed by atoms with Crippen LogP contribution in [0.5, 0.6) is 0 Å². The van der Waals surface area contributed by atoms with Crippen molar-refractivity contribution in [1.82, 2.24) is 10.2 Å². The first-order valence-electron chi connectivity index (χ1n) is 13.9. The first kappa shape index (κ1) is 31.8. The largest absolute Gasteiger partial charge is 0.490 e. The van der Waals surface area contributed by atoms with Crippen LogP contribution in [0.4, 0.5) is 18.9 Å². The van der Waals surface area contributed by atoms with Crippen molar-refractivity contribution in [3.05, 3.63) is 64.5 Å². The maximum atomic E-state index is 13.5. The van der Waals surface area contributed by atoms with Gasteiger partial charge >= 0.3 is 12.1 Å². The highest BCUT2D eigenvalue weighted by Gasteiger charge is 2.38. The SMILES string of the molecule is O=C(CN(C(=O)c1cc2ccc(Cl)cc2s1)c1ccccc1)NCC1CCN(C2CCCC2)CC1.O=C(O)C(F)(F)F. The summed E-state index contributed by atoms with van der Waals surface area (Å²) < 4.78 is 32.7. The van der Waals surface area contributed by atoms with E-state index in [-0.39, 0.29) is 18.4 Å². The predicted octanol–water partition coefficient (Wildman–Crippen LogP) is 6.61. The Morgan fingerprint density at radius 2 is 1.64 bits per heavy atom. The zero-order valence-corrected chi connectivity index (χ0v) is 24.5. The molecule has 2 aromatic carbocycles. The Kier molecular flexibility index (Phi) is 10.9. The summed E-state index contributed by atoms with van der Waals surface area (Å²) in [7, 11) is 0. The smallest absolute Gasteiger partial charge is 0.475 e. The molecule has 0 spiro atoms. The molecule has 0 unspecified atom stereocenters. The summed E-state index contributed by atoms with van der Waals surface area (Å²) in [6.45, 7) is 2.94. The lowest BCUT2D eigenvalue weighted by atomic mass is 9.95. The fourth-order valence-electron chi connectivity index (χ4n) is 5.38. The van der Waals surface area contributed by atoms with Gasteiger partial charge in [-0.25, -0.2) is 4.79 Å². The van der Waals surface area contributed by atoms with Crippen LogP contribution in [0.3, 0.4) is 0 Å². The number of thiophene rings is 1. The average Bonchev–Trinajstić information content (AvgIpc) is 3.65. The second-order valence-corrected chi connectivity index (χ2v) is 12.1. The van der Waals surface area contributed by atoms with Crippen LogP contribution in [0.25, 0.3) is 10.1 Å². The Morgan fingerprint density at radius 3 is 2.26 bits per heavy atom. The van der Waals surface area contributed by atoms with Gasteiger partial charge in [0.15, 0.2) is 0 Å². The van der Waals surface area contributed by atoms with E-state index < -0.39 is 12.1 Å². The number of carboxylic acids is 1. The van der Waals surface area contributed by atoms with E-state index in [4.69, 9.17) is 21.5 Å². The van der Waals surface area contributed by atoms with E-state index in [2.05, 4.69) is 10.2 Å². The van der Waals surface area contributed by atoms with Gasteiger partial charge in [-0.15, -0.1) is 11.3 Å². The Hall–Kier alpha value is -3.15. The molecule has 0 radical (unpaired) electrons. The Balaban J connectivity index is 0.000000517. The summed E-state index contributed by atoms with van der Waals surface area (Å²) in [5.41, 5.74) is 0.716. The number of carbonyl (C=O) groups is 3. The predicted molar refractivity (Wildman–Crippen MR) is 158 cm³/mol. The number of halogens is 4. The number of fused-ring (bicyclic) bond motifs is 1. The Bertz CT molecular complexity index is 1370. The van der Waals surface area contributed by atoms with Crippen LogP contribution < -0.4 is 10.2 Å². The zero-order chi connectivity index (χ0) is 30.3. The third-order valence-corrected chi connectivity index (χ3v) is 8.95. The molecular formula is C30H33ClF3N3O4S. The molecule has 1 aromatic heterocycles. The van der Waals surface area contributed by atoms with Crippen molar-refractivity contribution in [2.75, 3.05) is 31.1 Å². The molecule has 1 saturated heterocycles. The van der Waals surface area contributed by atoms with Gasteiger partial charge in [-0.1, -0.05) is 48.7 Å². The number of amides is 2. The van der Waals surface area contributed by atoms with E-state index in [1.807, 2.05) is 54.6 Å². The van der Waals surface area contributed by atoms with Gasteiger partial charge < -0.3 is 15.3 Å². The third-order valence-electron chi connectivity index (χ3n) is 7.63. The van der Waals surface area contributed by atoms with Gasteiger partial charge in [-0.2, -0.15) is 13.2 Å². The van der Waals surface area contributed by atoms with E-state index in [0.717, 1.165) is 42.1 Å². The van der Waals surface area contributed by atoms with Gasteiger partial charge in [-0.05, 0) is 80.4 Å². The molecule has 1 aliphatic heterocycles. The molecule has 226 valence electrons. The zero-order valence-electron chi connectivity index (χ0n) is 22.9. The molecule has 3 aromatic rings. The lowest BCUT2D eigenvalue weighted by Crippen LogP contribution is -2.45. The number of para-hydroxylation sites is 1. The normalized spacial score (nSPS) is 16.6. The lowest BCUT2D eigenvalue weighted by molar-refractivity contribution is -0.192. The van der Waals surface area contributed by atoms with E-state index in [1.54, 1.807) is 4.90 Å². The number of piperidine rings is 1. The number of rotatable bonds is 7. The molecule has 42 heavy (non-hydrogen) atoms. The molecule has 1 aliphatic carbocycles. The Morgan fingerprint density at radius 1 is 1.00 bits per heavy atom. The van der Waals surface area contributed by atoms with Crippen molar-refractivity contribution in [2.45, 2.75) is 50.7 Å². The van der Waals surface area contributed by atoms with Crippen molar-refractivity contribution in [2.24, 2.45) is 5.92 Å². The molecular weight excluding hydrogens is 591 g/mol. The number of likely N-dealkylation sites (tertiary alicyclic amines) is 1. The first-order valence-corrected chi connectivity index (χ1v) is 15.1. The molecule has 0 bridgehead atoms. The van der Waals surface area contributed by atoms with Crippen LogP contribution in [-0.4, -0.2) is 66.2 Å². The van der Waals surface area contributed by atoms with Crippen LogP contribution in [-0.2, 0) is 9.59 Å². The van der Waals surface area contributed by atoms with Crippen molar-refractivity contribution in [3.63, 3.8) is 0 Å². The summed E-state index contributed by atoms with van der Waals surface area (Å²) in [5.74, 6) is -2.55. The minimum atomic E-state index is -5.08. The number of hydrogen-bond donors (Lipinski definition) is 2. The molecule has 2 amide bonds. The summed E-state index contributed by atoms with van der Waals surface area (Å²) in [5, 5.41) is 11.9. The number of carbonyl (C=O) groups excluding carboxylic acids is 2. The molecule has 7 nitrogen and oxygen atoms in total. The minimum absolute atomic E-state index is 0.00122. The molecule has 0 atom stereocenters. The van der Waals surface area contributed by atoms with Crippen molar-refractivity contribution in [1.29, 1.82) is 0 Å². The molecule has 2 fully saturated rings. The van der Waals surface area contributed by atoms with Crippen LogP contribution in [0, 0.1) is 5.92 Å². The van der Waals surface area contributed by atoms with Crippen molar-refractivity contribution in [3.8, 4) is 0 Å². The quantitative estimate of drug-likeness (QED) is 0.309. The lowest BCUT2D eigenvalue weighted by Gasteiger charge is -2.36. The number of nitrogens with one attached hydrogen (secondary N) is 1. The second kappa shape index (κ2) is 14.3. The highest BCUT2D eigenvalue weighted by Crippen LogP contribution is 2.31. The van der Waals surface area contributed by atoms with Crippen LogP contribution in [0.2, 0.25) is 5.02 Å². The van der Waals surface area contributed by atoms with Gasteiger partial charge in [0.2, 0.25) is 5.91 Å². The molecule has 2 heterocycles. The second-order valence-electron chi connectivity index (χ2n) is 10.5. The van der Waals surface area contributed by atoms with Gasteiger partial charge in [0.25, 0.3) is 5.91 Å². The summed E-state index contributed by atoms with van der Waals surface area (Å²) >= 11 is 7.53. The first-order chi connectivity index (χ1) is 20.0. The van der Waals surface area contributed by atoms with Crippen molar-refractivity contribution >= 4 is 56.5 Å². The fourth-order valence-corrected chi connectivity index (χ4v) is 6.67. The number of hydrogen-bond acceptors (Lipinski definition) is 5. The highest BCUT2D eigenvalue weighted by molar-refractivity contribution is 7.21. The Labute approximate surface area is 251 Å². The number of carboxylic acid groups (broad SMARTS) is 1. The number of aliphatic carboxylic acids is 1. The van der Waals surface area contributed by atoms with Gasteiger partial charge in [0.1, 0.15) is 6.54 Å². The van der Waals surface area contributed by atoms with Gasteiger partial charge in [0.05, 0.1) is 4.88 Å². The topological polar surface area (TPSA) is 90.0 Å². The molecule has 12 heteroatoms. The van der Waals surface area contributed by atoms with Crippen LogP contribution in [0.15, 0.2) is 54.6 Å². The number of anilines is 1. The fraction of sp³-hybridized carbons (Fsp3) is 0.433. The minimum Gasteiger partial charge on any atom is -0.475 e. The number of nitrogens with zero attached hydrogens (tertiary/aromatic N) is 2. The molecule has 5 rings (SSSR count). The maximum absolute atomic E-state index is 13.5. The van der Waals surface area contributed by atoms with Crippen LogP contribution in [0.1, 0.15) is 48.2 Å². The summed E-state index contributed by atoms with van der Waals surface area (Å²) in [6, 6.07) is 17.7. The highest BCUT2D eigenvalue weighted by atomic mass is 35.5. The maximum Gasteiger partial charge on any atom is 0.490 e. The monoisotopic (exact) mass is 623 g/mol. The molecule has 1 saturated carbocycles. The van der Waals surface area contributed by atoms with Crippen LogP contribution >= 0.6 is 22.9 Å². The van der Waals surface area contributed by atoms with Gasteiger partial charge in [0, 0.05) is 28.0 Å².